The molecule has 0 saturated heterocycles. The Balaban J connectivity index is 2.38. The predicted octanol–water partition coefficient (Wildman–Crippen LogP) is -0.196. The van der Waals surface area contributed by atoms with Crippen molar-refractivity contribution < 1.29 is 23.9 Å². The second-order valence-corrected chi connectivity index (χ2v) is 4.25. The topological polar surface area (TPSA) is 114 Å². The normalized spacial score (nSPS) is 11.0. The lowest BCUT2D eigenvalue weighted by Gasteiger charge is -2.13. The maximum Gasteiger partial charge on any atom is 0.326 e. The van der Waals surface area contributed by atoms with E-state index in [2.05, 4.69) is 10.6 Å². The average molecular weight is 307 g/mol. The molecule has 0 bridgehead atoms. The molecule has 0 heterocycles. The summed E-state index contributed by atoms with van der Waals surface area (Å²) in [7, 11) is 1.35. The Hall–Kier alpha value is -2.90. The minimum atomic E-state index is -1.15. The molecule has 8 nitrogen and oxygen atoms in total. The van der Waals surface area contributed by atoms with Gasteiger partial charge >= 0.3 is 12.0 Å². The van der Waals surface area contributed by atoms with Gasteiger partial charge in [0.25, 0.3) is 11.8 Å². The van der Waals surface area contributed by atoms with Gasteiger partial charge in [-0.25, -0.2) is 4.79 Å². The van der Waals surface area contributed by atoms with E-state index in [0.29, 0.717) is 5.56 Å². The molecule has 1 aromatic rings. The Labute approximate surface area is 127 Å². The Bertz CT molecular complexity index is 559. The van der Waals surface area contributed by atoms with Crippen LogP contribution in [0.5, 0.6) is 0 Å². The standard InChI is InChI=1S/C14H17N3O5/c1-9(12(19)17-14(21)15-2)22-11(18)8-16-13(20)10-6-4-3-5-7-10/h3-7,9H,8H2,1-2H3,(H,16,20)(H2,15,17,19,21)/t9-/m1/s1. The molecule has 1 aromatic carbocycles. The summed E-state index contributed by atoms with van der Waals surface area (Å²) in [6, 6.07) is 7.64. The van der Waals surface area contributed by atoms with Gasteiger partial charge in [0.15, 0.2) is 6.10 Å². The Kier molecular flexibility index (Phi) is 6.55. The summed E-state index contributed by atoms with van der Waals surface area (Å²) in [6.07, 6.45) is -1.15. The van der Waals surface area contributed by atoms with Gasteiger partial charge in [-0.3, -0.25) is 19.7 Å². The van der Waals surface area contributed by atoms with Crippen molar-refractivity contribution in [3.63, 3.8) is 0 Å². The largest absolute Gasteiger partial charge is 0.451 e. The fraction of sp³-hybridized carbons (Fsp3) is 0.286. The first-order valence-corrected chi connectivity index (χ1v) is 6.49. The van der Waals surface area contributed by atoms with Crippen molar-refractivity contribution in [3.05, 3.63) is 35.9 Å². The van der Waals surface area contributed by atoms with Gasteiger partial charge in [0.05, 0.1) is 0 Å². The number of hydrogen-bond donors (Lipinski definition) is 3. The lowest BCUT2D eigenvalue weighted by atomic mass is 10.2. The van der Waals surface area contributed by atoms with Crippen molar-refractivity contribution in [1.82, 2.24) is 16.0 Å². The van der Waals surface area contributed by atoms with Gasteiger partial charge in [-0.05, 0) is 19.1 Å². The minimum Gasteiger partial charge on any atom is -0.451 e. The third-order valence-corrected chi connectivity index (χ3v) is 2.57. The molecule has 0 spiro atoms. The highest BCUT2D eigenvalue weighted by Gasteiger charge is 2.19. The quantitative estimate of drug-likeness (QED) is 0.652. The molecular formula is C14H17N3O5. The van der Waals surface area contributed by atoms with Crippen LogP contribution in [0.4, 0.5) is 4.79 Å². The van der Waals surface area contributed by atoms with E-state index in [9.17, 15) is 19.2 Å². The molecular weight excluding hydrogens is 290 g/mol. The summed E-state index contributed by atoms with van der Waals surface area (Å²) in [5, 5.41) is 6.54. The predicted molar refractivity (Wildman–Crippen MR) is 76.9 cm³/mol. The zero-order valence-corrected chi connectivity index (χ0v) is 12.2. The molecule has 0 radical (unpaired) electrons. The van der Waals surface area contributed by atoms with Crippen LogP contribution in [0, 0.1) is 0 Å². The zero-order valence-electron chi connectivity index (χ0n) is 12.2. The highest BCUT2D eigenvalue weighted by atomic mass is 16.5. The molecule has 1 rings (SSSR count). The van der Waals surface area contributed by atoms with Gasteiger partial charge in [0, 0.05) is 12.6 Å². The van der Waals surface area contributed by atoms with Crippen molar-refractivity contribution in [2.24, 2.45) is 0 Å². The number of hydrogen-bond acceptors (Lipinski definition) is 5. The molecule has 0 aliphatic carbocycles. The summed E-state index contributed by atoms with van der Waals surface area (Å²) >= 11 is 0. The number of benzene rings is 1. The van der Waals surface area contributed by atoms with E-state index in [1.165, 1.54) is 14.0 Å². The number of imide groups is 1. The number of ether oxygens (including phenoxy) is 1. The maximum atomic E-state index is 11.7. The Morgan fingerprint density at radius 2 is 1.77 bits per heavy atom. The van der Waals surface area contributed by atoms with E-state index >= 15 is 0 Å². The van der Waals surface area contributed by atoms with Crippen molar-refractivity contribution in [2.45, 2.75) is 13.0 Å². The molecule has 1 atom stereocenters. The smallest absolute Gasteiger partial charge is 0.326 e. The average Bonchev–Trinajstić information content (AvgIpc) is 2.53. The van der Waals surface area contributed by atoms with Crippen LogP contribution in [-0.4, -0.2) is 43.5 Å². The number of urea groups is 1. The summed E-state index contributed by atoms with van der Waals surface area (Å²) in [4.78, 5) is 45.6. The van der Waals surface area contributed by atoms with Crippen LogP contribution in [0.3, 0.4) is 0 Å². The van der Waals surface area contributed by atoms with E-state index in [1.807, 2.05) is 5.32 Å². The molecule has 22 heavy (non-hydrogen) atoms. The molecule has 0 aromatic heterocycles. The van der Waals surface area contributed by atoms with E-state index in [0.717, 1.165) is 0 Å². The van der Waals surface area contributed by atoms with Crippen LogP contribution in [0.25, 0.3) is 0 Å². The van der Waals surface area contributed by atoms with Gasteiger partial charge in [-0.2, -0.15) is 0 Å². The number of amides is 4. The zero-order chi connectivity index (χ0) is 16.5. The summed E-state index contributed by atoms with van der Waals surface area (Å²) in [6.45, 7) is 0.931. The molecule has 0 aliphatic heterocycles. The molecule has 3 N–H and O–H groups in total. The maximum absolute atomic E-state index is 11.7. The van der Waals surface area contributed by atoms with E-state index in [-0.39, 0.29) is 6.54 Å². The van der Waals surface area contributed by atoms with Gasteiger partial charge < -0.3 is 15.4 Å². The summed E-state index contributed by atoms with van der Waals surface area (Å²) in [5.41, 5.74) is 0.403. The molecule has 118 valence electrons. The van der Waals surface area contributed by atoms with E-state index < -0.39 is 29.9 Å². The Morgan fingerprint density at radius 1 is 1.14 bits per heavy atom. The summed E-state index contributed by atoms with van der Waals surface area (Å²) in [5.74, 6) is -1.98. The van der Waals surface area contributed by atoms with Gasteiger partial charge in [-0.1, -0.05) is 18.2 Å². The van der Waals surface area contributed by atoms with Crippen LogP contribution >= 0.6 is 0 Å². The fourth-order valence-electron chi connectivity index (χ4n) is 1.41. The SMILES string of the molecule is CNC(=O)NC(=O)[C@@H](C)OC(=O)CNC(=O)c1ccccc1. The van der Waals surface area contributed by atoms with Crippen molar-refractivity contribution in [2.75, 3.05) is 13.6 Å². The number of carbonyl (C=O) groups excluding carboxylic acids is 4. The van der Waals surface area contributed by atoms with Crippen molar-refractivity contribution >= 4 is 23.8 Å². The molecule has 0 aliphatic rings. The minimum absolute atomic E-state index is 0.384. The van der Waals surface area contributed by atoms with E-state index in [4.69, 9.17) is 4.74 Å². The monoisotopic (exact) mass is 307 g/mol. The molecule has 4 amide bonds. The first kappa shape index (κ1) is 17.2. The number of rotatable bonds is 5. The first-order valence-electron chi connectivity index (χ1n) is 6.49. The number of carbonyl (C=O) groups is 4. The van der Waals surface area contributed by atoms with Gasteiger partial charge in [0.1, 0.15) is 6.54 Å². The van der Waals surface area contributed by atoms with E-state index in [1.54, 1.807) is 30.3 Å². The lowest BCUT2D eigenvalue weighted by molar-refractivity contribution is -0.153. The summed E-state index contributed by atoms with van der Waals surface area (Å²) < 4.78 is 4.80. The highest BCUT2D eigenvalue weighted by Crippen LogP contribution is 1.98. The van der Waals surface area contributed by atoms with Crippen LogP contribution < -0.4 is 16.0 Å². The lowest BCUT2D eigenvalue weighted by Crippen LogP contribution is -2.44. The van der Waals surface area contributed by atoms with Crippen LogP contribution in [0.2, 0.25) is 0 Å². The van der Waals surface area contributed by atoms with Crippen LogP contribution in [-0.2, 0) is 14.3 Å². The van der Waals surface area contributed by atoms with Crippen LogP contribution in [0.15, 0.2) is 30.3 Å². The molecule has 8 heteroatoms. The molecule has 0 saturated carbocycles. The van der Waals surface area contributed by atoms with Crippen molar-refractivity contribution in [3.8, 4) is 0 Å². The second kappa shape index (κ2) is 8.40. The Morgan fingerprint density at radius 3 is 2.36 bits per heavy atom. The van der Waals surface area contributed by atoms with Crippen LogP contribution in [0.1, 0.15) is 17.3 Å². The number of nitrogens with one attached hydrogen (secondary N) is 3. The number of esters is 1. The molecule has 0 fully saturated rings. The molecule has 0 unspecified atom stereocenters. The van der Waals surface area contributed by atoms with Gasteiger partial charge in [-0.15, -0.1) is 0 Å². The second-order valence-electron chi connectivity index (χ2n) is 4.25. The highest BCUT2D eigenvalue weighted by molar-refractivity contribution is 5.98. The third kappa shape index (κ3) is 5.61. The third-order valence-electron chi connectivity index (χ3n) is 2.57. The fourth-order valence-corrected chi connectivity index (χ4v) is 1.41. The first-order chi connectivity index (χ1) is 10.4. The van der Waals surface area contributed by atoms with Gasteiger partial charge in [0.2, 0.25) is 0 Å². The van der Waals surface area contributed by atoms with Crippen molar-refractivity contribution in [1.29, 1.82) is 0 Å².